The monoisotopic (exact) mass is 287 g/mol. The van der Waals surface area contributed by atoms with E-state index in [1.54, 1.807) is 12.1 Å². The zero-order valence-corrected chi connectivity index (χ0v) is 10.8. The van der Waals surface area contributed by atoms with Gasteiger partial charge in [-0.2, -0.15) is 4.31 Å². The lowest BCUT2D eigenvalue weighted by Gasteiger charge is -2.15. The predicted octanol–water partition coefficient (Wildman–Crippen LogP) is 2.38. The Bertz CT molecular complexity index is 668. The highest BCUT2D eigenvalue weighted by Crippen LogP contribution is 2.19. The Morgan fingerprint density at radius 3 is 2.53 bits per heavy atom. The third-order valence-corrected chi connectivity index (χ3v) is 4.36. The van der Waals surface area contributed by atoms with E-state index in [1.807, 2.05) is 0 Å². The highest BCUT2D eigenvalue weighted by molar-refractivity contribution is 7.89. The molecule has 7 heteroatoms. The van der Waals surface area contributed by atoms with Crippen LogP contribution >= 0.6 is 0 Å². The summed E-state index contributed by atoms with van der Waals surface area (Å²) in [5.41, 5.74) is 0. The fraction of sp³-hybridized carbons (Fsp3) is 0.167. The van der Waals surface area contributed by atoms with E-state index in [0.29, 0.717) is 11.8 Å². The van der Waals surface area contributed by atoms with Crippen LogP contribution in [0.3, 0.4) is 0 Å². The van der Waals surface area contributed by atoms with Gasteiger partial charge in [0.25, 0.3) is 0 Å². The van der Waals surface area contributed by atoms with Gasteiger partial charge in [-0.3, -0.25) is 0 Å². The van der Waals surface area contributed by atoms with Gasteiger partial charge in [-0.15, -0.1) is 0 Å². The van der Waals surface area contributed by atoms with E-state index in [0.717, 1.165) is 16.4 Å². The van der Waals surface area contributed by atoms with Crippen molar-refractivity contribution in [2.24, 2.45) is 0 Å². The van der Waals surface area contributed by atoms with Gasteiger partial charge in [0, 0.05) is 7.05 Å². The Morgan fingerprint density at radius 1 is 1.21 bits per heavy atom. The van der Waals surface area contributed by atoms with Gasteiger partial charge in [0.15, 0.2) is 11.6 Å². The lowest BCUT2D eigenvalue weighted by atomic mass is 10.3. The van der Waals surface area contributed by atoms with Crippen LogP contribution in [0.4, 0.5) is 8.78 Å². The minimum atomic E-state index is -3.89. The quantitative estimate of drug-likeness (QED) is 0.867. The fourth-order valence-electron chi connectivity index (χ4n) is 1.52. The highest BCUT2D eigenvalue weighted by Gasteiger charge is 2.23. The summed E-state index contributed by atoms with van der Waals surface area (Å²) in [7, 11) is -2.56. The summed E-state index contributed by atoms with van der Waals surface area (Å²) in [6.07, 6.45) is 1.42. The van der Waals surface area contributed by atoms with Crippen molar-refractivity contribution in [2.45, 2.75) is 11.4 Å². The Kier molecular flexibility index (Phi) is 3.68. The molecule has 0 bridgehead atoms. The van der Waals surface area contributed by atoms with Gasteiger partial charge in [0.2, 0.25) is 10.0 Å². The lowest BCUT2D eigenvalue weighted by Crippen LogP contribution is -2.26. The van der Waals surface area contributed by atoms with Crippen molar-refractivity contribution in [3.05, 3.63) is 54.0 Å². The average molecular weight is 287 g/mol. The van der Waals surface area contributed by atoms with Crippen LogP contribution in [-0.4, -0.2) is 19.8 Å². The van der Waals surface area contributed by atoms with Crippen molar-refractivity contribution in [1.82, 2.24) is 4.31 Å². The highest BCUT2D eigenvalue weighted by atomic mass is 32.2. The van der Waals surface area contributed by atoms with E-state index in [2.05, 4.69) is 0 Å². The minimum absolute atomic E-state index is 0.00826. The maximum absolute atomic E-state index is 13.1. The Hall–Kier alpha value is -1.73. The van der Waals surface area contributed by atoms with Crippen molar-refractivity contribution < 1.29 is 21.6 Å². The molecule has 1 aromatic heterocycles. The summed E-state index contributed by atoms with van der Waals surface area (Å²) in [4.78, 5) is -0.305. The molecule has 0 amide bonds. The largest absolute Gasteiger partial charge is 0.468 e. The first kappa shape index (κ1) is 13.7. The third-order valence-electron chi connectivity index (χ3n) is 2.56. The van der Waals surface area contributed by atoms with Crippen LogP contribution in [0.25, 0.3) is 0 Å². The second kappa shape index (κ2) is 5.10. The van der Waals surface area contributed by atoms with Crippen LogP contribution in [-0.2, 0) is 16.6 Å². The van der Waals surface area contributed by atoms with Gasteiger partial charge in [-0.05, 0) is 30.3 Å². The molecule has 2 aromatic rings. The Labute approximate surface area is 109 Å². The number of hydrogen-bond donors (Lipinski definition) is 0. The number of furan rings is 1. The molecular formula is C12H11F2NO3S. The van der Waals surface area contributed by atoms with Gasteiger partial charge in [0.05, 0.1) is 17.7 Å². The molecule has 0 saturated heterocycles. The summed E-state index contributed by atoms with van der Waals surface area (Å²) >= 11 is 0. The summed E-state index contributed by atoms with van der Waals surface area (Å²) < 4.78 is 56.1. The topological polar surface area (TPSA) is 50.5 Å². The molecule has 19 heavy (non-hydrogen) atoms. The number of hydrogen-bond acceptors (Lipinski definition) is 3. The van der Waals surface area contributed by atoms with Gasteiger partial charge in [0.1, 0.15) is 5.76 Å². The molecule has 1 heterocycles. The maximum Gasteiger partial charge on any atom is 0.243 e. The van der Waals surface area contributed by atoms with Crippen LogP contribution in [0.5, 0.6) is 0 Å². The number of benzene rings is 1. The van der Waals surface area contributed by atoms with E-state index in [1.165, 1.54) is 13.3 Å². The van der Waals surface area contributed by atoms with Crippen molar-refractivity contribution in [2.75, 3.05) is 7.05 Å². The van der Waals surface area contributed by atoms with Crippen molar-refractivity contribution in [3.8, 4) is 0 Å². The summed E-state index contributed by atoms with van der Waals surface area (Å²) in [5, 5.41) is 0. The van der Waals surface area contributed by atoms with Crippen molar-refractivity contribution >= 4 is 10.0 Å². The van der Waals surface area contributed by atoms with E-state index < -0.39 is 21.7 Å². The van der Waals surface area contributed by atoms with Crippen LogP contribution < -0.4 is 0 Å². The molecule has 0 N–H and O–H groups in total. The molecule has 0 unspecified atom stereocenters. The number of rotatable bonds is 4. The van der Waals surface area contributed by atoms with Crippen LogP contribution in [0.2, 0.25) is 0 Å². The first-order valence-corrected chi connectivity index (χ1v) is 6.79. The van der Waals surface area contributed by atoms with Gasteiger partial charge in [-0.1, -0.05) is 0 Å². The standard InChI is InChI=1S/C12H11F2NO3S/c1-15(8-9-3-2-6-18-9)19(16,17)10-4-5-11(13)12(14)7-10/h2-7H,8H2,1H3. The third kappa shape index (κ3) is 2.82. The molecule has 1 aromatic carbocycles. The molecule has 0 saturated carbocycles. The lowest BCUT2D eigenvalue weighted by molar-refractivity contribution is 0.405. The van der Waals surface area contributed by atoms with E-state index in [4.69, 9.17) is 4.42 Å². The first-order valence-electron chi connectivity index (χ1n) is 5.35. The molecule has 2 rings (SSSR count). The maximum atomic E-state index is 13.1. The molecule has 0 aliphatic carbocycles. The number of halogens is 2. The van der Waals surface area contributed by atoms with Gasteiger partial charge in [-0.25, -0.2) is 17.2 Å². The van der Waals surface area contributed by atoms with Crippen molar-refractivity contribution in [1.29, 1.82) is 0 Å². The minimum Gasteiger partial charge on any atom is -0.468 e. The first-order chi connectivity index (χ1) is 8.91. The zero-order valence-electron chi connectivity index (χ0n) is 10.0. The van der Waals surface area contributed by atoms with Crippen molar-refractivity contribution in [3.63, 3.8) is 0 Å². The predicted molar refractivity (Wildman–Crippen MR) is 63.7 cm³/mol. The molecular weight excluding hydrogens is 276 g/mol. The number of sulfonamides is 1. The molecule has 0 aliphatic rings. The second-order valence-electron chi connectivity index (χ2n) is 3.92. The molecule has 0 spiro atoms. The van der Waals surface area contributed by atoms with Crippen LogP contribution in [0.15, 0.2) is 45.9 Å². The van der Waals surface area contributed by atoms with Crippen LogP contribution in [0.1, 0.15) is 5.76 Å². The summed E-state index contributed by atoms with van der Waals surface area (Å²) in [6.45, 7) is 0.00826. The number of nitrogens with zero attached hydrogens (tertiary/aromatic N) is 1. The molecule has 0 atom stereocenters. The zero-order chi connectivity index (χ0) is 14.0. The molecule has 0 radical (unpaired) electrons. The SMILES string of the molecule is CN(Cc1ccco1)S(=O)(=O)c1ccc(F)c(F)c1. The van der Waals surface area contributed by atoms with Crippen LogP contribution in [0, 0.1) is 11.6 Å². The molecule has 0 aliphatic heterocycles. The Morgan fingerprint density at radius 2 is 1.95 bits per heavy atom. The second-order valence-corrected chi connectivity index (χ2v) is 5.96. The Balaban J connectivity index is 2.28. The molecule has 4 nitrogen and oxygen atoms in total. The fourth-order valence-corrected chi connectivity index (χ4v) is 2.67. The normalized spacial score (nSPS) is 12.0. The molecule has 102 valence electrons. The van der Waals surface area contributed by atoms with E-state index in [-0.39, 0.29) is 11.4 Å². The van der Waals surface area contributed by atoms with E-state index >= 15 is 0 Å². The van der Waals surface area contributed by atoms with Gasteiger partial charge < -0.3 is 4.42 Å². The average Bonchev–Trinajstić information content (AvgIpc) is 2.85. The smallest absolute Gasteiger partial charge is 0.243 e. The van der Waals surface area contributed by atoms with E-state index in [9.17, 15) is 17.2 Å². The molecule has 0 fully saturated rings. The summed E-state index contributed by atoms with van der Waals surface area (Å²) in [6, 6.07) is 5.71. The summed E-state index contributed by atoms with van der Waals surface area (Å²) in [5.74, 6) is -1.84. The van der Waals surface area contributed by atoms with Gasteiger partial charge >= 0.3 is 0 Å².